The molecule has 0 aliphatic rings. The van der Waals surface area contributed by atoms with Crippen LogP contribution in [0.25, 0.3) is 11.0 Å². The highest BCUT2D eigenvalue weighted by Crippen LogP contribution is 2.22. The summed E-state index contributed by atoms with van der Waals surface area (Å²) in [7, 11) is 0. The van der Waals surface area contributed by atoms with Crippen LogP contribution in [0.4, 0.5) is 0 Å². The quantitative estimate of drug-likeness (QED) is 0.844. The van der Waals surface area contributed by atoms with Crippen LogP contribution >= 0.6 is 0 Å². The number of hydrogen-bond donors (Lipinski definition) is 1. The number of aryl methyl sites for hydroxylation is 1. The lowest BCUT2D eigenvalue weighted by Gasteiger charge is -2.10. The Balaban J connectivity index is 2.36. The van der Waals surface area contributed by atoms with Gasteiger partial charge in [-0.2, -0.15) is 0 Å². The lowest BCUT2D eigenvalue weighted by molar-refractivity contribution is -0.145. The average Bonchev–Trinajstić information content (AvgIpc) is 2.72. The molecule has 1 unspecified atom stereocenters. The van der Waals surface area contributed by atoms with E-state index in [1.807, 2.05) is 39.0 Å². The second-order valence-electron chi connectivity index (χ2n) is 4.36. The molecule has 0 saturated heterocycles. The molecule has 0 amide bonds. The number of ether oxygens (including phenoxy) is 1. The number of hydrogen-bond acceptors (Lipinski definition) is 3. The molecule has 2 aromatic rings. The van der Waals surface area contributed by atoms with E-state index in [9.17, 15) is 4.79 Å². The average molecular weight is 246 g/mol. The lowest BCUT2D eigenvalue weighted by atomic mass is 10.1. The van der Waals surface area contributed by atoms with Crippen molar-refractivity contribution in [2.75, 3.05) is 6.61 Å². The molecule has 0 bridgehead atoms. The predicted octanol–water partition coefficient (Wildman–Crippen LogP) is 2.93. The minimum absolute atomic E-state index is 0.212. The molecule has 18 heavy (non-hydrogen) atoms. The van der Waals surface area contributed by atoms with Crippen molar-refractivity contribution in [2.45, 2.75) is 33.1 Å². The SMILES string of the molecule is CCOC(=O)C(CC)c1nc2ccc(C)cc2[nH]1. The summed E-state index contributed by atoms with van der Waals surface area (Å²) < 4.78 is 5.07. The smallest absolute Gasteiger partial charge is 0.316 e. The van der Waals surface area contributed by atoms with Gasteiger partial charge in [0, 0.05) is 0 Å². The zero-order valence-corrected chi connectivity index (χ0v) is 11.0. The van der Waals surface area contributed by atoms with Gasteiger partial charge in [-0.25, -0.2) is 4.98 Å². The predicted molar refractivity (Wildman–Crippen MR) is 70.5 cm³/mol. The van der Waals surface area contributed by atoms with Crippen molar-refractivity contribution >= 4 is 17.0 Å². The first-order chi connectivity index (χ1) is 8.65. The number of aromatic amines is 1. The highest BCUT2D eigenvalue weighted by atomic mass is 16.5. The van der Waals surface area contributed by atoms with Crippen LogP contribution < -0.4 is 0 Å². The third-order valence-corrected chi connectivity index (χ3v) is 2.97. The summed E-state index contributed by atoms with van der Waals surface area (Å²) in [6.45, 7) is 6.20. The molecule has 2 rings (SSSR count). The summed E-state index contributed by atoms with van der Waals surface area (Å²) >= 11 is 0. The molecule has 1 N–H and O–H groups in total. The molecule has 0 aliphatic heterocycles. The van der Waals surface area contributed by atoms with Crippen LogP contribution in [0.2, 0.25) is 0 Å². The van der Waals surface area contributed by atoms with Crippen molar-refractivity contribution in [1.82, 2.24) is 9.97 Å². The number of carbonyl (C=O) groups excluding carboxylic acids is 1. The Labute approximate surface area is 106 Å². The Morgan fingerprint density at radius 3 is 2.89 bits per heavy atom. The Bertz CT molecular complexity index is 560. The van der Waals surface area contributed by atoms with Crippen molar-refractivity contribution < 1.29 is 9.53 Å². The van der Waals surface area contributed by atoms with Crippen LogP contribution in [0, 0.1) is 6.92 Å². The fourth-order valence-corrected chi connectivity index (χ4v) is 2.02. The number of H-pyrrole nitrogens is 1. The van der Waals surface area contributed by atoms with Crippen LogP contribution in [0.1, 0.15) is 37.6 Å². The number of benzene rings is 1. The lowest BCUT2D eigenvalue weighted by Crippen LogP contribution is -2.16. The van der Waals surface area contributed by atoms with Crippen LogP contribution in [0.15, 0.2) is 18.2 Å². The number of carbonyl (C=O) groups is 1. The molecule has 4 heteroatoms. The first-order valence-corrected chi connectivity index (χ1v) is 6.28. The minimum atomic E-state index is -0.308. The first-order valence-electron chi connectivity index (χ1n) is 6.28. The number of esters is 1. The summed E-state index contributed by atoms with van der Waals surface area (Å²) in [4.78, 5) is 19.5. The molecular formula is C14H18N2O2. The molecule has 1 aromatic carbocycles. The zero-order chi connectivity index (χ0) is 13.1. The van der Waals surface area contributed by atoms with Crippen LogP contribution in [-0.2, 0) is 9.53 Å². The van der Waals surface area contributed by atoms with Gasteiger partial charge in [0.15, 0.2) is 0 Å². The molecule has 96 valence electrons. The monoisotopic (exact) mass is 246 g/mol. The highest BCUT2D eigenvalue weighted by Gasteiger charge is 2.23. The third-order valence-electron chi connectivity index (χ3n) is 2.97. The minimum Gasteiger partial charge on any atom is -0.465 e. The summed E-state index contributed by atoms with van der Waals surface area (Å²) in [5, 5.41) is 0. The number of nitrogens with one attached hydrogen (secondary N) is 1. The van der Waals surface area contributed by atoms with Gasteiger partial charge in [-0.15, -0.1) is 0 Å². The van der Waals surface area contributed by atoms with Gasteiger partial charge in [-0.1, -0.05) is 13.0 Å². The molecule has 0 fully saturated rings. The molecule has 0 radical (unpaired) electrons. The summed E-state index contributed by atoms with van der Waals surface area (Å²) in [5.41, 5.74) is 3.02. The zero-order valence-electron chi connectivity index (χ0n) is 11.0. The third kappa shape index (κ3) is 2.37. The van der Waals surface area contributed by atoms with Crippen LogP contribution in [0.5, 0.6) is 0 Å². The Morgan fingerprint density at radius 2 is 2.22 bits per heavy atom. The Morgan fingerprint density at radius 1 is 1.44 bits per heavy atom. The van der Waals surface area contributed by atoms with E-state index in [1.165, 1.54) is 5.56 Å². The first kappa shape index (κ1) is 12.6. The van der Waals surface area contributed by atoms with E-state index >= 15 is 0 Å². The summed E-state index contributed by atoms with van der Waals surface area (Å²) in [6, 6.07) is 6.00. The van der Waals surface area contributed by atoms with Crippen LogP contribution in [-0.4, -0.2) is 22.5 Å². The largest absolute Gasteiger partial charge is 0.465 e. The van der Waals surface area contributed by atoms with E-state index in [-0.39, 0.29) is 11.9 Å². The molecule has 1 heterocycles. The van der Waals surface area contributed by atoms with Gasteiger partial charge >= 0.3 is 5.97 Å². The Hall–Kier alpha value is -1.84. The molecule has 0 spiro atoms. The van der Waals surface area contributed by atoms with Crippen molar-refractivity contribution in [3.8, 4) is 0 Å². The second-order valence-corrected chi connectivity index (χ2v) is 4.36. The van der Waals surface area contributed by atoms with Gasteiger partial charge in [0.25, 0.3) is 0 Å². The van der Waals surface area contributed by atoms with Crippen molar-refractivity contribution in [2.24, 2.45) is 0 Å². The van der Waals surface area contributed by atoms with E-state index in [0.717, 1.165) is 11.0 Å². The molecular weight excluding hydrogens is 228 g/mol. The van der Waals surface area contributed by atoms with E-state index in [2.05, 4.69) is 9.97 Å². The van der Waals surface area contributed by atoms with Crippen molar-refractivity contribution in [3.63, 3.8) is 0 Å². The summed E-state index contributed by atoms with van der Waals surface area (Å²) in [5.74, 6) is 0.171. The molecule has 1 atom stereocenters. The normalized spacial score (nSPS) is 12.6. The number of aromatic nitrogens is 2. The molecule has 0 aliphatic carbocycles. The number of nitrogens with zero attached hydrogens (tertiary/aromatic N) is 1. The highest BCUT2D eigenvalue weighted by molar-refractivity contribution is 5.80. The maximum Gasteiger partial charge on any atom is 0.316 e. The fourth-order valence-electron chi connectivity index (χ4n) is 2.02. The van der Waals surface area contributed by atoms with Gasteiger partial charge in [0.1, 0.15) is 11.7 Å². The maximum atomic E-state index is 11.8. The topological polar surface area (TPSA) is 55.0 Å². The summed E-state index contributed by atoms with van der Waals surface area (Å²) in [6.07, 6.45) is 0.678. The number of imidazole rings is 1. The number of rotatable bonds is 4. The standard InChI is InChI=1S/C14H18N2O2/c1-4-10(14(17)18-5-2)13-15-11-7-6-9(3)8-12(11)16-13/h6-8,10H,4-5H2,1-3H3,(H,15,16). The van der Waals surface area contributed by atoms with E-state index < -0.39 is 0 Å². The second kappa shape index (κ2) is 5.21. The van der Waals surface area contributed by atoms with Gasteiger partial charge in [0.2, 0.25) is 0 Å². The molecule has 4 nitrogen and oxygen atoms in total. The van der Waals surface area contributed by atoms with E-state index in [1.54, 1.807) is 0 Å². The molecule has 1 aromatic heterocycles. The fraction of sp³-hybridized carbons (Fsp3) is 0.429. The Kier molecular flexibility index (Phi) is 3.65. The van der Waals surface area contributed by atoms with Gasteiger partial charge < -0.3 is 9.72 Å². The van der Waals surface area contributed by atoms with Gasteiger partial charge in [-0.05, 0) is 38.0 Å². The van der Waals surface area contributed by atoms with E-state index in [0.29, 0.717) is 18.9 Å². The van der Waals surface area contributed by atoms with Crippen LogP contribution in [0.3, 0.4) is 0 Å². The van der Waals surface area contributed by atoms with E-state index in [4.69, 9.17) is 4.74 Å². The van der Waals surface area contributed by atoms with Gasteiger partial charge in [0.05, 0.1) is 17.6 Å². The van der Waals surface area contributed by atoms with Crippen molar-refractivity contribution in [3.05, 3.63) is 29.6 Å². The van der Waals surface area contributed by atoms with Crippen molar-refractivity contribution in [1.29, 1.82) is 0 Å². The maximum absolute atomic E-state index is 11.8. The number of fused-ring (bicyclic) bond motifs is 1. The van der Waals surface area contributed by atoms with Gasteiger partial charge in [-0.3, -0.25) is 4.79 Å². The molecule has 0 saturated carbocycles.